The van der Waals surface area contributed by atoms with E-state index in [4.69, 9.17) is 27.9 Å². The molecule has 0 amide bonds. The van der Waals surface area contributed by atoms with Gasteiger partial charge in [0.2, 0.25) is 5.78 Å². The van der Waals surface area contributed by atoms with Gasteiger partial charge in [0.25, 0.3) is 10.0 Å². The van der Waals surface area contributed by atoms with Crippen LogP contribution in [0.25, 0.3) is 0 Å². The molecule has 0 bridgehead atoms. The van der Waals surface area contributed by atoms with Crippen LogP contribution in [0.15, 0.2) is 53.6 Å². The SMILES string of the molecule is COc1cc(F)ccc1C(=O)c1ncc(Cl)cc1NS(=O)(=O)c1ccc(Cl)c(C)c1. The second-order valence-corrected chi connectivity index (χ2v) is 8.77. The molecule has 0 aliphatic carbocycles. The molecule has 0 radical (unpaired) electrons. The third kappa shape index (κ3) is 4.56. The van der Waals surface area contributed by atoms with Crippen molar-refractivity contribution in [3.63, 3.8) is 0 Å². The normalized spacial score (nSPS) is 11.2. The predicted molar refractivity (Wildman–Crippen MR) is 113 cm³/mol. The number of halogens is 3. The molecule has 3 rings (SSSR count). The second kappa shape index (κ2) is 8.59. The Morgan fingerprint density at radius 2 is 1.87 bits per heavy atom. The van der Waals surface area contributed by atoms with Crippen molar-refractivity contribution in [1.82, 2.24) is 4.98 Å². The molecule has 3 aromatic rings. The van der Waals surface area contributed by atoms with Gasteiger partial charge in [-0.05, 0) is 48.9 Å². The number of methoxy groups -OCH3 is 1. The second-order valence-electron chi connectivity index (χ2n) is 6.24. The molecule has 1 aromatic heterocycles. The molecule has 10 heteroatoms. The average Bonchev–Trinajstić information content (AvgIpc) is 2.69. The number of benzene rings is 2. The van der Waals surface area contributed by atoms with E-state index in [1.54, 1.807) is 6.92 Å². The Kier molecular flexibility index (Phi) is 6.30. The number of aryl methyl sites for hydroxylation is 1. The lowest BCUT2D eigenvalue weighted by atomic mass is 10.1. The fourth-order valence-electron chi connectivity index (χ4n) is 2.67. The van der Waals surface area contributed by atoms with Crippen LogP contribution >= 0.6 is 23.2 Å². The van der Waals surface area contributed by atoms with Crippen LogP contribution in [0.5, 0.6) is 5.75 Å². The average molecular weight is 469 g/mol. The minimum absolute atomic E-state index is 0.0107. The van der Waals surface area contributed by atoms with Gasteiger partial charge in [0.05, 0.1) is 28.3 Å². The van der Waals surface area contributed by atoms with Gasteiger partial charge in [0, 0.05) is 17.3 Å². The van der Waals surface area contributed by atoms with E-state index in [9.17, 15) is 17.6 Å². The number of hydrogen-bond donors (Lipinski definition) is 1. The largest absolute Gasteiger partial charge is 0.496 e. The van der Waals surface area contributed by atoms with Crippen molar-refractivity contribution in [3.8, 4) is 5.75 Å². The summed E-state index contributed by atoms with van der Waals surface area (Å²) in [7, 11) is -2.80. The Morgan fingerprint density at radius 1 is 1.13 bits per heavy atom. The molecule has 0 saturated carbocycles. The van der Waals surface area contributed by atoms with E-state index in [1.165, 1.54) is 43.6 Å². The van der Waals surface area contributed by atoms with Crippen LogP contribution in [-0.2, 0) is 10.0 Å². The van der Waals surface area contributed by atoms with Gasteiger partial charge in [-0.1, -0.05) is 23.2 Å². The molecule has 1 N–H and O–H groups in total. The summed E-state index contributed by atoms with van der Waals surface area (Å²) < 4.78 is 46.6. The van der Waals surface area contributed by atoms with Gasteiger partial charge in [-0.2, -0.15) is 0 Å². The van der Waals surface area contributed by atoms with Crippen LogP contribution in [0.2, 0.25) is 10.0 Å². The zero-order valence-electron chi connectivity index (χ0n) is 15.7. The molecule has 2 aromatic carbocycles. The highest BCUT2D eigenvalue weighted by atomic mass is 35.5. The van der Waals surface area contributed by atoms with Gasteiger partial charge in [0.1, 0.15) is 17.3 Å². The number of ether oxygens (including phenoxy) is 1. The van der Waals surface area contributed by atoms with E-state index in [0.29, 0.717) is 10.6 Å². The first-order valence-electron chi connectivity index (χ1n) is 8.45. The number of pyridine rings is 1. The van der Waals surface area contributed by atoms with E-state index in [0.717, 1.165) is 12.1 Å². The topological polar surface area (TPSA) is 85.4 Å². The van der Waals surface area contributed by atoms with Crippen LogP contribution in [0.4, 0.5) is 10.1 Å². The zero-order valence-corrected chi connectivity index (χ0v) is 18.1. The Bertz CT molecular complexity index is 1250. The number of nitrogens with one attached hydrogen (secondary N) is 1. The molecule has 0 atom stereocenters. The van der Waals surface area contributed by atoms with Crippen LogP contribution < -0.4 is 9.46 Å². The lowest BCUT2D eigenvalue weighted by Crippen LogP contribution is -2.17. The molecular weight excluding hydrogens is 454 g/mol. The molecule has 6 nitrogen and oxygen atoms in total. The Hall–Kier alpha value is -2.68. The highest BCUT2D eigenvalue weighted by Gasteiger charge is 2.24. The summed E-state index contributed by atoms with van der Waals surface area (Å²) in [6, 6.07) is 8.81. The number of rotatable bonds is 6. The number of nitrogens with zero attached hydrogens (tertiary/aromatic N) is 1. The maximum atomic E-state index is 13.5. The Labute approximate surface area is 182 Å². The smallest absolute Gasteiger partial charge is 0.261 e. The van der Waals surface area contributed by atoms with Crippen molar-refractivity contribution < 1.29 is 22.3 Å². The van der Waals surface area contributed by atoms with Gasteiger partial charge in [0.15, 0.2) is 0 Å². The molecule has 0 saturated heterocycles. The van der Waals surface area contributed by atoms with E-state index in [2.05, 4.69) is 9.71 Å². The van der Waals surface area contributed by atoms with E-state index in [1.807, 2.05) is 0 Å². The number of aromatic nitrogens is 1. The predicted octanol–water partition coefficient (Wildman–Crippen LogP) is 4.88. The monoisotopic (exact) mass is 468 g/mol. The molecule has 156 valence electrons. The molecule has 30 heavy (non-hydrogen) atoms. The summed E-state index contributed by atoms with van der Waals surface area (Å²) >= 11 is 11.9. The highest BCUT2D eigenvalue weighted by molar-refractivity contribution is 7.92. The summed E-state index contributed by atoms with van der Waals surface area (Å²) in [6.45, 7) is 1.66. The first-order valence-corrected chi connectivity index (χ1v) is 10.7. The number of carbonyl (C=O) groups is 1. The van der Waals surface area contributed by atoms with Crippen molar-refractivity contribution in [2.75, 3.05) is 11.8 Å². The van der Waals surface area contributed by atoms with Crippen LogP contribution in [0.3, 0.4) is 0 Å². The van der Waals surface area contributed by atoms with Crippen LogP contribution in [0.1, 0.15) is 21.6 Å². The van der Waals surface area contributed by atoms with Crippen molar-refractivity contribution in [2.24, 2.45) is 0 Å². The zero-order chi connectivity index (χ0) is 22.1. The van der Waals surface area contributed by atoms with Crippen molar-refractivity contribution in [2.45, 2.75) is 11.8 Å². The minimum atomic E-state index is -4.08. The molecule has 0 fully saturated rings. The Balaban J connectivity index is 2.06. The third-order valence-electron chi connectivity index (χ3n) is 4.16. The molecule has 0 unspecified atom stereocenters. The standard InChI is InChI=1S/C20H15Cl2FN2O4S/c1-11-7-14(4-6-16(11)22)30(27,28)25-17-8-12(21)10-24-19(17)20(26)15-5-3-13(23)9-18(15)29-2/h3-10,25H,1-2H3. The number of hydrogen-bond acceptors (Lipinski definition) is 5. The van der Waals surface area contributed by atoms with Gasteiger partial charge in [-0.15, -0.1) is 0 Å². The first-order chi connectivity index (χ1) is 14.1. The molecule has 1 heterocycles. The quantitative estimate of drug-likeness (QED) is 0.521. The van der Waals surface area contributed by atoms with Gasteiger partial charge in [-0.25, -0.2) is 17.8 Å². The number of carbonyl (C=O) groups excluding carboxylic acids is 1. The summed E-state index contributed by atoms with van der Waals surface area (Å²) in [5.74, 6) is -1.28. The molecule has 0 aliphatic rings. The van der Waals surface area contributed by atoms with Gasteiger partial charge < -0.3 is 4.74 Å². The number of ketones is 1. The van der Waals surface area contributed by atoms with Crippen LogP contribution in [-0.4, -0.2) is 26.3 Å². The number of anilines is 1. The fourth-order valence-corrected chi connectivity index (χ4v) is 4.08. The van der Waals surface area contributed by atoms with Gasteiger partial charge in [-0.3, -0.25) is 9.52 Å². The number of sulfonamides is 1. The van der Waals surface area contributed by atoms with Crippen molar-refractivity contribution >= 4 is 44.7 Å². The highest BCUT2D eigenvalue weighted by Crippen LogP contribution is 2.29. The Morgan fingerprint density at radius 3 is 2.53 bits per heavy atom. The van der Waals surface area contributed by atoms with E-state index < -0.39 is 21.6 Å². The maximum absolute atomic E-state index is 13.5. The fraction of sp³-hybridized carbons (Fsp3) is 0.100. The lowest BCUT2D eigenvalue weighted by molar-refractivity contribution is 0.103. The van der Waals surface area contributed by atoms with E-state index >= 15 is 0 Å². The molecule has 0 spiro atoms. The van der Waals surface area contributed by atoms with Gasteiger partial charge >= 0.3 is 0 Å². The first kappa shape index (κ1) is 22.0. The summed E-state index contributed by atoms with van der Waals surface area (Å²) in [6.07, 6.45) is 1.20. The summed E-state index contributed by atoms with van der Waals surface area (Å²) in [5, 5.41) is 0.528. The van der Waals surface area contributed by atoms with E-state index in [-0.39, 0.29) is 32.6 Å². The molecule has 0 aliphatic heterocycles. The summed E-state index contributed by atoms with van der Waals surface area (Å²) in [5.41, 5.74) is 0.220. The van der Waals surface area contributed by atoms with Crippen molar-refractivity contribution in [3.05, 3.63) is 81.3 Å². The maximum Gasteiger partial charge on any atom is 0.261 e. The van der Waals surface area contributed by atoms with Crippen LogP contribution in [0, 0.1) is 12.7 Å². The molecular formula is C20H15Cl2FN2O4S. The lowest BCUT2D eigenvalue weighted by Gasteiger charge is -2.14. The summed E-state index contributed by atoms with van der Waals surface area (Å²) in [4.78, 5) is 17.0. The van der Waals surface area contributed by atoms with Crippen molar-refractivity contribution in [1.29, 1.82) is 0 Å². The third-order valence-corrected chi connectivity index (χ3v) is 6.16. The minimum Gasteiger partial charge on any atom is -0.496 e.